The van der Waals surface area contributed by atoms with Gasteiger partial charge in [0.15, 0.2) is 11.5 Å². The topological polar surface area (TPSA) is 71.1 Å². The third kappa shape index (κ3) is 9.44. The molecule has 6 nitrogen and oxygen atoms in total. The van der Waals surface area contributed by atoms with Gasteiger partial charge in [-0.1, -0.05) is 79.8 Å². The van der Waals surface area contributed by atoms with Crippen LogP contribution in [0.15, 0.2) is 59.3 Å². The Morgan fingerprint density at radius 2 is 1.13 bits per heavy atom. The lowest BCUT2D eigenvalue weighted by atomic mass is 9.86. The minimum absolute atomic E-state index is 0.145. The quantitative estimate of drug-likeness (QED) is 0.0714. The van der Waals surface area contributed by atoms with Crippen molar-refractivity contribution in [3.8, 4) is 31.7 Å². The number of allylic oxidation sites excluding steroid dienone is 2. The lowest BCUT2D eigenvalue weighted by Gasteiger charge is -2.23. The van der Waals surface area contributed by atoms with E-state index >= 15 is 0 Å². The van der Waals surface area contributed by atoms with Gasteiger partial charge in [0.2, 0.25) is 0 Å². The van der Waals surface area contributed by atoms with Gasteiger partial charge in [0, 0.05) is 14.7 Å². The SMILES string of the molecule is C=C/C=C(\Sc1sc(-c2ccc(-c3c(C(C)C)cc(C(=O)OC(C)C)cc3C(C)C)s2)c2c1OCCO2)c1c(C(C)C)cc(C(=O)OC(C)C)cc1C(C)C. The van der Waals surface area contributed by atoms with E-state index in [1.165, 1.54) is 5.56 Å². The fourth-order valence-electron chi connectivity index (χ4n) is 6.69. The summed E-state index contributed by atoms with van der Waals surface area (Å²) in [5.74, 6) is 1.60. The van der Waals surface area contributed by atoms with E-state index in [0.29, 0.717) is 24.3 Å². The Labute approximate surface area is 340 Å². The highest BCUT2D eigenvalue weighted by molar-refractivity contribution is 8.10. The number of fused-ring (bicyclic) bond motifs is 1. The van der Waals surface area contributed by atoms with Gasteiger partial charge in [0.05, 0.1) is 28.2 Å². The Bertz CT molecular complexity index is 2020. The summed E-state index contributed by atoms with van der Waals surface area (Å²) in [5.41, 5.74) is 7.87. The van der Waals surface area contributed by atoms with Crippen LogP contribution in [0.3, 0.4) is 0 Å². The molecule has 0 atom stereocenters. The van der Waals surface area contributed by atoms with E-state index in [1.54, 1.807) is 34.4 Å². The third-order valence-corrected chi connectivity index (χ3v) is 12.9. The van der Waals surface area contributed by atoms with Crippen molar-refractivity contribution in [1.29, 1.82) is 0 Å². The van der Waals surface area contributed by atoms with Crippen molar-refractivity contribution < 1.29 is 28.5 Å². The molecule has 0 radical (unpaired) electrons. The average molecular weight is 801 g/mol. The summed E-state index contributed by atoms with van der Waals surface area (Å²) in [5, 5.41) is 0. The maximum absolute atomic E-state index is 13.2. The molecule has 3 heterocycles. The van der Waals surface area contributed by atoms with Crippen molar-refractivity contribution in [2.24, 2.45) is 0 Å². The molecule has 55 heavy (non-hydrogen) atoms. The average Bonchev–Trinajstić information content (AvgIpc) is 3.74. The second-order valence-electron chi connectivity index (χ2n) is 15.7. The van der Waals surface area contributed by atoms with Gasteiger partial charge in [-0.05, 0) is 127 Å². The van der Waals surface area contributed by atoms with Gasteiger partial charge in [0.1, 0.15) is 17.4 Å². The molecule has 0 aliphatic carbocycles. The van der Waals surface area contributed by atoms with E-state index in [2.05, 4.69) is 80.2 Å². The fraction of sp³-hybridized carbons (Fsp3) is 0.435. The zero-order valence-corrected chi connectivity index (χ0v) is 36.8. The van der Waals surface area contributed by atoms with Gasteiger partial charge in [-0.25, -0.2) is 9.59 Å². The summed E-state index contributed by atoms with van der Waals surface area (Å²) in [6.45, 7) is 29.9. The first-order chi connectivity index (χ1) is 26.0. The summed E-state index contributed by atoms with van der Waals surface area (Å²) in [7, 11) is 0. The minimum atomic E-state index is -0.310. The van der Waals surface area contributed by atoms with Gasteiger partial charge in [0.25, 0.3) is 0 Å². The molecule has 1 aliphatic rings. The number of rotatable bonds is 14. The molecule has 0 unspecified atom stereocenters. The Hall–Kier alpha value is -3.79. The van der Waals surface area contributed by atoms with Crippen LogP contribution in [0.1, 0.15) is 155 Å². The largest absolute Gasteiger partial charge is 0.485 e. The van der Waals surface area contributed by atoms with Crippen LogP contribution in [0, 0.1) is 0 Å². The van der Waals surface area contributed by atoms with Crippen molar-refractivity contribution in [2.75, 3.05) is 13.2 Å². The number of thiophene rings is 2. The van der Waals surface area contributed by atoms with E-state index in [4.69, 9.17) is 18.9 Å². The van der Waals surface area contributed by atoms with E-state index in [-0.39, 0.29) is 47.8 Å². The molecule has 0 bridgehead atoms. The Morgan fingerprint density at radius 1 is 0.673 bits per heavy atom. The Balaban J connectivity index is 1.62. The monoisotopic (exact) mass is 800 g/mol. The zero-order chi connectivity index (χ0) is 40.3. The highest BCUT2D eigenvalue weighted by Gasteiger charge is 2.30. The summed E-state index contributed by atoms with van der Waals surface area (Å²) in [4.78, 5) is 30.6. The highest BCUT2D eigenvalue weighted by Crippen LogP contribution is 2.58. The van der Waals surface area contributed by atoms with Crippen LogP contribution in [0.4, 0.5) is 0 Å². The molecular weight excluding hydrogens is 745 g/mol. The molecule has 0 amide bonds. The highest BCUT2D eigenvalue weighted by atomic mass is 32.2. The molecule has 5 rings (SSSR count). The summed E-state index contributed by atoms with van der Waals surface area (Å²) in [6.07, 6.45) is 3.49. The van der Waals surface area contributed by atoms with Crippen LogP contribution in [-0.4, -0.2) is 37.4 Å². The molecule has 0 saturated carbocycles. The zero-order valence-electron chi connectivity index (χ0n) is 34.4. The number of hydrogen-bond acceptors (Lipinski definition) is 9. The van der Waals surface area contributed by atoms with Crippen molar-refractivity contribution in [3.05, 3.63) is 94.1 Å². The molecule has 4 aromatic rings. The number of benzene rings is 2. The predicted molar refractivity (Wildman–Crippen MR) is 232 cm³/mol. The number of thioether (sulfide) groups is 1. The smallest absolute Gasteiger partial charge is 0.338 e. The van der Waals surface area contributed by atoms with Gasteiger partial charge >= 0.3 is 11.9 Å². The van der Waals surface area contributed by atoms with Crippen LogP contribution in [0.25, 0.3) is 25.1 Å². The molecule has 0 fully saturated rings. The maximum atomic E-state index is 13.2. The fourth-order valence-corrected chi connectivity index (χ4v) is 10.4. The second-order valence-corrected chi connectivity index (χ2v) is 19.1. The minimum Gasteiger partial charge on any atom is -0.485 e. The number of hydrogen-bond donors (Lipinski definition) is 0. The van der Waals surface area contributed by atoms with Gasteiger partial charge in [-0.2, -0.15) is 0 Å². The van der Waals surface area contributed by atoms with Crippen LogP contribution in [0.5, 0.6) is 11.5 Å². The molecule has 2 aromatic carbocycles. The predicted octanol–water partition coefficient (Wildman–Crippen LogP) is 13.9. The summed E-state index contributed by atoms with van der Waals surface area (Å²) >= 11 is 5.07. The summed E-state index contributed by atoms with van der Waals surface area (Å²) < 4.78 is 25.0. The Kier molecular flexibility index (Phi) is 13.9. The standard InChI is InChI=1S/C46H56O6S3/c1-14-15-36(39-32(24(2)3)20-30(21-33(39)25(4)5)44(47)51-28(10)11)54-46-42-41(49-18-19-50-42)43(55-46)38-17-16-37(53-38)40-34(26(6)7)22-31(23-35(40)27(8)9)45(48)52-29(12)13/h14-17,20-29H,1,18-19H2,2-13H3/b36-15-. The van der Waals surface area contributed by atoms with E-state index in [9.17, 15) is 9.59 Å². The number of esters is 2. The molecule has 0 N–H and O–H groups in total. The number of carbonyl (C=O) groups is 2. The van der Waals surface area contributed by atoms with E-state index in [1.807, 2.05) is 58.0 Å². The molecule has 2 aromatic heterocycles. The normalized spacial score (nSPS) is 13.2. The van der Waals surface area contributed by atoms with Crippen LogP contribution in [0.2, 0.25) is 0 Å². The number of carbonyl (C=O) groups excluding carboxylic acids is 2. The first-order valence-corrected chi connectivity index (χ1v) is 21.8. The van der Waals surface area contributed by atoms with Gasteiger partial charge < -0.3 is 18.9 Å². The molecule has 0 spiro atoms. The molecule has 0 saturated heterocycles. The van der Waals surface area contributed by atoms with Crippen LogP contribution < -0.4 is 9.47 Å². The van der Waals surface area contributed by atoms with Crippen LogP contribution >= 0.6 is 34.4 Å². The Morgan fingerprint density at radius 3 is 1.58 bits per heavy atom. The lowest BCUT2D eigenvalue weighted by molar-refractivity contribution is 0.0367. The summed E-state index contributed by atoms with van der Waals surface area (Å²) in [6, 6.07) is 12.4. The second kappa shape index (κ2) is 18.0. The molecular formula is C46H56O6S3. The van der Waals surface area contributed by atoms with E-state index in [0.717, 1.165) is 63.1 Å². The molecule has 9 heteroatoms. The van der Waals surface area contributed by atoms with E-state index < -0.39 is 0 Å². The molecule has 294 valence electrons. The first-order valence-electron chi connectivity index (χ1n) is 19.3. The molecule has 1 aliphatic heterocycles. The van der Waals surface area contributed by atoms with Crippen LogP contribution in [-0.2, 0) is 9.47 Å². The van der Waals surface area contributed by atoms with Gasteiger partial charge in [-0.3, -0.25) is 0 Å². The number of ether oxygens (including phenoxy) is 4. The van der Waals surface area contributed by atoms with Crippen molar-refractivity contribution in [1.82, 2.24) is 0 Å². The third-order valence-electron chi connectivity index (χ3n) is 9.21. The van der Waals surface area contributed by atoms with Gasteiger partial charge in [-0.15, -0.1) is 22.7 Å². The lowest BCUT2D eigenvalue weighted by Crippen LogP contribution is -2.15. The van der Waals surface area contributed by atoms with Crippen molar-refractivity contribution in [2.45, 2.75) is 123 Å². The first kappa shape index (κ1) is 42.4. The van der Waals surface area contributed by atoms with Crippen molar-refractivity contribution >= 4 is 51.3 Å². The maximum Gasteiger partial charge on any atom is 0.338 e. The van der Waals surface area contributed by atoms with Crippen molar-refractivity contribution in [3.63, 3.8) is 0 Å².